The molecular weight excluding hydrogens is 705 g/mol. The van der Waals surface area contributed by atoms with Crippen LogP contribution in [0.15, 0.2) is 205 Å². The summed E-state index contributed by atoms with van der Waals surface area (Å²) in [5.74, 6) is 0.196. The Balaban J connectivity index is 1.18. The first kappa shape index (κ1) is 34.8. The monoisotopic (exact) mass is 742 g/mol. The second-order valence-corrected chi connectivity index (χ2v) is 15.0. The van der Waals surface area contributed by atoms with E-state index in [1.54, 1.807) is 18.2 Å². The number of hydrogen-bond acceptors (Lipinski definition) is 3. The number of benzene rings is 7. The van der Waals surface area contributed by atoms with Crippen LogP contribution in [0.4, 0.5) is 0 Å². The van der Waals surface area contributed by atoms with Crippen molar-refractivity contribution in [2.45, 2.75) is 11.8 Å². The van der Waals surface area contributed by atoms with Gasteiger partial charge in [-0.2, -0.15) is 5.26 Å². The molecular formula is C54H38N4. The number of nitriles is 1. The molecule has 0 bridgehead atoms. The van der Waals surface area contributed by atoms with Crippen molar-refractivity contribution in [2.75, 3.05) is 0 Å². The summed E-state index contributed by atoms with van der Waals surface area (Å²) in [5, 5.41) is 20.9. The third kappa shape index (κ3) is 5.67. The highest BCUT2D eigenvalue weighted by Gasteiger charge is 2.50. The first-order valence-electron chi connectivity index (χ1n) is 19.7. The van der Waals surface area contributed by atoms with Gasteiger partial charge < -0.3 is 9.98 Å². The van der Waals surface area contributed by atoms with Crippen LogP contribution >= 0.6 is 0 Å². The van der Waals surface area contributed by atoms with Crippen LogP contribution in [-0.2, 0) is 5.41 Å². The SMILES string of the molecule is N#Cc1cccc(C(=N)/C=C(\N=C\c2cccc(-n3c4ccccc4c4ccc5c(c43)C(c3ccccc3)(C3C=CC=CC3)c3ccccc3-5)c2)c2ccccc2)c1. The zero-order valence-corrected chi connectivity index (χ0v) is 31.8. The number of para-hydroxylation sites is 1. The quantitative estimate of drug-likeness (QED) is 0.155. The highest BCUT2D eigenvalue weighted by atomic mass is 15.0. The van der Waals surface area contributed by atoms with Gasteiger partial charge in [-0.15, -0.1) is 0 Å². The van der Waals surface area contributed by atoms with Gasteiger partial charge in [-0.3, -0.25) is 4.99 Å². The Morgan fingerprint density at radius 1 is 0.707 bits per heavy atom. The number of rotatable bonds is 8. The van der Waals surface area contributed by atoms with Crippen LogP contribution in [0.1, 0.15) is 45.4 Å². The minimum absolute atomic E-state index is 0.196. The fraction of sp³-hybridized carbons (Fsp3) is 0.0556. The smallest absolute Gasteiger partial charge is 0.0991 e. The van der Waals surface area contributed by atoms with Crippen molar-refractivity contribution in [1.82, 2.24) is 4.57 Å². The largest absolute Gasteiger partial charge is 0.309 e. The summed E-state index contributed by atoms with van der Waals surface area (Å²) in [6.45, 7) is 0. The van der Waals surface area contributed by atoms with Gasteiger partial charge in [-0.1, -0.05) is 164 Å². The molecule has 2 unspecified atom stereocenters. The lowest BCUT2D eigenvalue weighted by Gasteiger charge is -2.40. The summed E-state index contributed by atoms with van der Waals surface area (Å²) in [6.07, 6.45) is 13.7. The Labute approximate surface area is 338 Å². The Hall–Kier alpha value is -7.61. The van der Waals surface area contributed by atoms with Crippen LogP contribution in [0.2, 0.25) is 0 Å². The van der Waals surface area contributed by atoms with Gasteiger partial charge in [-0.05, 0) is 76.6 Å². The van der Waals surface area contributed by atoms with Gasteiger partial charge in [-0.25, -0.2) is 0 Å². The van der Waals surface area contributed by atoms with E-state index in [0.29, 0.717) is 16.8 Å². The molecule has 0 amide bonds. The summed E-state index contributed by atoms with van der Waals surface area (Å²) in [5.41, 5.74) is 13.5. The number of aromatic nitrogens is 1. The van der Waals surface area contributed by atoms with E-state index in [0.717, 1.165) is 28.8 Å². The van der Waals surface area contributed by atoms with Crippen molar-refractivity contribution in [3.63, 3.8) is 0 Å². The van der Waals surface area contributed by atoms with E-state index < -0.39 is 5.41 Å². The first-order valence-corrected chi connectivity index (χ1v) is 19.7. The van der Waals surface area contributed by atoms with E-state index in [9.17, 15) is 5.26 Å². The van der Waals surface area contributed by atoms with Gasteiger partial charge in [0.2, 0.25) is 0 Å². The van der Waals surface area contributed by atoms with E-state index in [1.165, 1.54) is 44.1 Å². The average Bonchev–Trinajstić information content (AvgIpc) is 3.80. The standard InChI is InChI=1S/C54H38N4/c55-35-37-16-14-20-40(32-37)49(56)34-50(39-18-4-1-5-19-39)57-36-38-17-15-25-43(33-38)58-51-29-13-11-27-45(51)47-31-30-46-44-26-10-12-28-48(44)54(52(46)53(47)58,41-21-6-2-7-22-41)42-23-8-3-9-24-42/h1-23,25-34,36,42,56H,24H2/b50-34-,56-49?,57-36+. The fourth-order valence-corrected chi connectivity index (χ4v) is 9.32. The molecule has 0 saturated carbocycles. The van der Waals surface area contributed by atoms with Crippen molar-refractivity contribution < 1.29 is 0 Å². The second kappa shape index (κ2) is 14.5. The maximum atomic E-state index is 9.48. The lowest BCUT2D eigenvalue weighted by atomic mass is 9.62. The molecule has 2 aliphatic carbocycles. The van der Waals surface area contributed by atoms with Gasteiger partial charge in [0.1, 0.15) is 0 Å². The molecule has 1 aromatic heterocycles. The van der Waals surface area contributed by atoms with Gasteiger partial charge in [0, 0.05) is 39.4 Å². The van der Waals surface area contributed by atoms with E-state index in [2.05, 4.69) is 150 Å². The summed E-state index contributed by atoms with van der Waals surface area (Å²) in [7, 11) is 0. The third-order valence-electron chi connectivity index (χ3n) is 11.8. The van der Waals surface area contributed by atoms with Crippen LogP contribution in [0.3, 0.4) is 0 Å². The highest BCUT2D eigenvalue weighted by molar-refractivity contribution is 6.14. The number of fused-ring (bicyclic) bond motifs is 7. The third-order valence-corrected chi connectivity index (χ3v) is 11.8. The van der Waals surface area contributed by atoms with Crippen molar-refractivity contribution >= 4 is 39.4 Å². The molecule has 8 aromatic rings. The predicted molar refractivity (Wildman–Crippen MR) is 239 cm³/mol. The topological polar surface area (TPSA) is 64.9 Å². The molecule has 58 heavy (non-hydrogen) atoms. The van der Waals surface area contributed by atoms with Crippen molar-refractivity contribution in [3.8, 4) is 22.9 Å². The van der Waals surface area contributed by atoms with Gasteiger partial charge in [0.15, 0.2) is 0 Å². The van der Waals surface area contributed by atoms with Gasteiger partial charge in [0.25, 0.3) is 0 Å². The van der Waals surface area contributed by atoms with Crippen molar-refractivity contribution in [3.05, 3.63) is 239 Å². The Morgan fingerprint density at radius 2 is 1.47 bits per heavy atom. The zero-order valence-electron chi connectivity index (χ0n) is 31.8. The maximum Gasteiger partial charge on any atom is 0.0991 e. The number of aliphatic imine (C=N–C) groups is 1. The molecule has 2 aliphatic rings. The van der Waals surface area contributed by atoms with Crippen LogP contribution < -0.4 is 0 Å². The molecule has 0 aliphatic heterocycles. The van der Waals surface area contributed by atoms with Crippen molar-refractivity contribution in [2.24, 2.45) is 10.9 Å². The van der Waals surface area contributed by atoms with E-state index in [-0.39, 0.29) is 11.6 Å². The molecule has 1 heterocycles. The Morgan fingerprint density at radius 3 is 2.29 bits per heavy atom. The van der Waals surface area contributed by atoms with Crippen molar-refractivity contribution in [1.29, 1.82) is 10.7 Å². The molecule has 4 heteroatoms. The number of nitrogens with zero attached hydrogens (tertiary/aromatic N) is 3. The molecule has 274 valence electrons. The molecule has 0 spiro atoms. The Kier molecular flexibility index (Phi) is 8.70. The minimum atomic E-state index is -0.439. The minimum Gasteiger partial charge on any atom is -0.309 e. The molecule has 0 radical (unpaired) electrons. The Bertz CT molecular complexity index is 3060. The lowest BCUT2D eigenvalue weighted by Crippen LogP contribution is -2.36. The van der Waals surface area contributed by atoms with Crippen LogP contribution in [0, 0.1) is 22.7 Å². The summed E-state index contributed by atoms with van der Waals surface area (Å²) in [4.78, 5) is 5.04. The lowest BCUT2D eigenvalue weighted by molar-refractivity contribution is 0.459. The molecule has 10 rings (SSSR count). The predicted octanol–water partition coefficient (Wildman–Crippen LogP) is 12.6. The zero-order chi connectivity index (χ0) is 39.1. The maximum absolute atomic E-state index is 9.48. The molecule has 2 atom stereocenters. The summed E-state index contributed by atoms with van der Waals surface area (Å²) < 4.78 is 2.47. The second-order valence-electron chi connectivity index (χ2n) is 15.0. The number of allylic oxidation sites excluding steroid dienone is 5. The van der Waals surface area contributed by atoms with Gasteiger partial charge in [0.05, 0.1) is 39.5 Å². The highest BCUT2D eigenvalue weighted by Crippen LogP contribution is 2.60. The average molecular weight is 743 g/mol. The summed E-state index contributed by atoms with van der Waals surface area (Å²) in [6, 6.07) is 61.5. The summed E-state index contributed by atoms with van der Waals surface area (Å²) >= 11 is 0. The molecule has 4 nitrogen and oxygen atoms in total. The normalized spacial score (nSPS) is 17.1. The molecule has 0 fully saturated rings. The molecule has 1 N–H and O–H groups in total. The van der Waals surface area contributed by atoms with Crippen LogP contribution in [0.5, 0.6) is 0 Å². The van der Waals surface area contributed by atoms with Crippen LogP contribution in [-0.4, -0.2) is 16.5 Å². The van der Waals surface area contributed by atoms with Gasteiger partial charge >= 0.3 is 0 Å². The van der Waals surface area contributed by atoms with Crippen LogP contribution in [0.25, 0.3) is 44.3 Å². The fourth-order valence-electron chi connectivity index (χ4n) is 9.32. The first-order chi connectivity index (χ1) is 28.6. The van der Waals surface area contributed by atoms with E-state index in [1.807, 2.05) is 48.7 Å². The number of hydrogen-bond donors (Lipinski definition) is 1. The molecule has 0 saturated heterocycles. The molecule has 7 aromatic carbocycles. The van der Waals surface area contributed by atoms with E-state index in [4.69, 9.17) is 10.4 Å². The number of nitrogens with one attached hydrogen (secondary N) is 1. The van der Waals surface area contributed by atoms with E-state index >= 15 is 0 Å².